The average Bonchev–Trinajstić information content (AvgIpc) is 3.28. The third-order valence-corrected chi connectivity index (χ3v) is 7.09. The lowest BCUT2D eigenvalue weighted by atomic mass is 9.94. The fourth-order valence-corrected chi connectivity index (χ4v) is 5.55. The number of benzene rings is 5. The molecule has 0 unspecified atom stereocenters. The van der Waals surface area contributed by atoms with Gasteiger partial charge in [0.2, 0.25) is 0 Å². The molecule has 0 aliphatic rings. The second kappa shape index (κ2) is 7.74. The van der Waals surface area contributed by atoms with Crippen molar-refractivity contribution >= 4 is 32.3 Å². The minimum Gasteiger partial charge on any atom is -0.235 e. The van der Waals surface area contributed by atoms with E-state index >= 15 is 0 Å². The van der Waals surface area contributed by atoms with Crippen LogP contribution in [0.2, 0.25) is 0 Å². The quantitative estimate of drug-likeness (QED) is 0.275. The van der Waals surface area contributed by atoms with E-state index in [1.165, 1.54) is 48.9 Å². The van der Waals surface area contributed by atoms with E-state index in [0.717, 1.165) is 10.5 Å². The summed E-state index contributed by atoms with van der Waals surface area (Å²) in [5.41, 5.74) is 8.40. The fraction of sp³-hybridized carbons (Fsp3) is 0.0333. The molecule has 32 heavy (non-hydrogen) atoms. The van der Waals surface area contributed by atoms with Gasteiger partial charge in [-0.25, -0.2) is 4.98 Å². The Morgan fingerprint density at radius 1 is 0.594 bits per heavy atom. The number of aryl methyl sites for hydroxylation is 1. The molecular formula is C30H21NS. The SMILES string of the molecule is Cc1ccccc1-c1nc2c(-c3ccccc3)cc(-c3cccc4ccccc34)cc2s1. The second-order valence-electron chi connectivity index (χ2n) is 8.10. The van der Waals surface area contributed by atoms with Crippen molar-refractivity contribution in [2.75, 3.05) is 0 Å². The molecule has 0 saturated heterocycles. The number of aromatic nitrogens is 1. The van der Waals surface area contributed by atoms with Crippen LogP contribution in [0.1, 0.15) is 5.56 Å². The van der Waals surface area contributed by atoms with Gasteiger partial charge in [-0.1, -0.05) is 97.1 Å². The van der Waals surface area contributed by atoms with E-state index in [4.69, 9.17) is 4.98 Å². The summed E-state index contributed by atoms with van der Waals surface area (Å²) in [5.74, 6) is 0. The van der Waals surface area contributed by atoms with E-state index in [9.17, 15) is 0 Å². The summed E-state index contributed by atoms with van der Waals surface area (Å²) in [6.45, 7) is 2.15. The highest BCUT2D eigenvalue weighted by Crippen LogP contribution is 2.41. The summed E-state index contributed by atoms with van der Waals surface area (Å²) in [6.07, 6.45) is 0. The summed E-state index contributed by atoms with van der Waals surface area (Å²) in [6, 6.07) is 38.9. The fourth-order valence-electron chi connectivity index (χ4n) is 4.43. The molecular weight excluding hydrogens is 406 g/mol. The zero-order valence-electron chi connectivity index (χ0n) is 17.7. The Kier molecular flexibility index (Phi) is 4.59. The van der Waals surface area contributed by atoms with Crippen LogP contribution in [0.5, 0.6) is 0 Å². The normalized spacial score (nSPS) is 11.3. The predicted molar refractivity (Wildman–Crippen MR) is 138 cm³/mol. The molecule has 1 nitrogen and oxygen atoms in total. The summed E-state index contributed by atoms with van der Waals surface area (Å²) in [5, 5.41) is 3.61. The highest BCUT2D eigenvalue weighted by molar-refractivity contribution is 7.21. The van der Waals surface area contributed by atoms with Crippen LogP contribution in [0.25, 0.3) is 53.8 Å². The van der Waals surface area contributed by atoms with Gasteiger partial charge in [-0.2, -0.15) is 0 Å². The standard InChI is InChI=1S/C30H21NS/c1-20-10-5-7-15-24(20)30-31-29-27(22-11-3-2-4-12-22)18-23(19-28(29)32-30)26-17-9-14-21-13-6-8-16-25(21)26/h2-19H,1H3. The smallest absolute Gasteiger partial charge is 0.124 e. The summed E-state index contributed by atoms with van der Waals surface area (Å²) in [4.78, 5) is 5.14. The van der Waals surface area contributed by atoms with Crippen molar-refractivity contribution in [3.63, 3.8) is 0 Å². The van der Waals surface area contributed by atoms with E-state index in [1.54, 1.807) is 11.3 Å². The van der Waals surface area contributed by atoms with Gasteiger partial charge in [0.1, 0.15) is 5.01 Å². The van der Waals surface area contributed by atoms with Crippen molar-refractivity contribution in [3.8, 4) is 32.8 Å². The molecule has 0 spiro atoms. The number of fused-ring (bicyclic) bond motifs is 2. The van der Waals surface area contributed by atoms with Crippen molar-refractivity contribution in [1.82, 2.24) is 4.98 Å². The van der Waals surface area contributed by atoms with E-state index in [-0.39, 0.29) is 0 Å². The van der Waals surface area contributed by atoms with Crippen molar-refractivity contribution in [2.45, 2.75) is 6.92 Å². The monoisotopic (exact) mass is 427 g/mol. The predicted octanol–water partition coefficient (Wildman–Crippen LogP) is 8.76. The molecule has 6 rings (SSSR count). The molecule has 5 aromatic carbocycles. The Labute approximate surface area is 191 Å². The highest BCUT2D eigenvalue weighted by Gasteiger charge is 2.15. The summed E-state index contributed by atoms with van der Waals surface area (Å²) >= 11 is 1.78. The van der Waals surface area contributed by atoms with E-state index in [0.29, 0.717) is 0 Å². The Morgan fingerprint density at radius 3 is 2.19 bits per heavy atom. The van der Waals surface area contributed by atoms with Crippen LogP contribution in [-0.4, -0.2) is 4.98 Å². The third-order valence-electron chi connectivity index (χ3n) is 6.06. The van der Waals surface area contributed by atoms with E-state index in [1.807, 2.05) is 0 Å². The van der Waals surface area contributed by atoms with Crippen LogP contribution >= 0.6 is 11.3 Å². The zero-order chi connectivity index (χ0) is 21.5. The van der Waals surface area contributed by atoms with Gasteiger partial charge in [-0.3, -0.25) is 0 Å². The molecule has 0 aliphatic carbocycles. The molecule has 0 amide bonds. The molecule has 2 heteroatoms. The van der Waals surface area contributed by atoms with Gasteiger partial charge < -0.3 is 0 Å². The first-order chi connectivity index (χ1) is 15.8. The number of hydrogen-bond donors (Lipinski definition) is 0. The lowest BCUT2D eigenvalue weighted by molar-refractivity contribution is 1.41. The van der Waals surface area contributed by atoms with Crippen LogP contribution < -0.4 is 0 Å². The minimum atomic E-state index is 1.07. The molecule has 0 radical (unpaired) electrons. The largest absolute Gasteiger partial charge is 0.235 e. The van der Waals surface area contributed by atoms with Gasteiger partial charge in [-0.05, 0) is 52.1 Å². The molecule has 1 aromatic heterocycles. The van der Waals surface area contributed by atoms with Crippen molar-refractivity contribution in [3.05, 3.63) is 115 Å². The first-order valence-electron chi connectivity index (χ1n) is 10.8. The molecule has 0 N–H and O–H groups in total. The Bertz CT molecular complexity index is 1570. The Balaban J connectivity index is 1.65. The van der Waals surface area contributed by atoms with Crippen molar-refractivity contribution in [2.24, 2.45) is 0 Å². The average molecular weight is 428 g/mol. The van der Waals surface area contributed by atoms with Gasteiger partial charge in [-0.15, -0.1) is 11.3 Å². The topological polar surface area (TPSA) is 12.9 Å². The maximum Gasteiger partial charge on any atom is 0.124 e. The minimum absolute atomic E-state index is 1.07. The maximum absolute atomic E-state index is 5.14. The molecule has 0 bridgehead atoms. The van der Waals surface area contributed by atoms with Crippen LogP contribution in [-0.2, 0) is 0 Å². The number of hydrogen-bond acceptors (Lipinski definition) is 2. The third kappa shape index (κ3) is 3.21. The Morgan fingerprint density at radius 2 is 1.31 bits per heavy atom. The van der Waals surface area contributed by atoms with Crippen molar-refractivity contribution < 1.29 is 0 Å². The molecule has 0 atom stereocenters. The summed E-state index contributed by atoms with van der Waals surface area (Å²) in [7, 11) is 0. The van der Waals surface area contributed by atoms with Crippen LogP contribution in [0.3, 0.4) is 0 Å². The van der Waals surface area contributed by atoms with Gasteiger partial charge >= 0.3 is 0 Å². The van der Waals surface area contributed by atoms with E-state index < -0.39 is 0 Å². The van der Waals surface area contributed by atoms with Crippen LogP contribution in [0.4, 0.5) is 0 Å². The molecule has 152 valence electrons. The lowest BCUT2D eigenvalue weighted by Gasteiger charge is -2.10. The second-order valence-corrected chi connectivity index (χ2v) is 9.13. The Hall–Kier alpha value is -3.75. The molecule has 0 aliphatic heterocycles. The highest BCUT2D eigenvalue weighted by atomic mass is 32.1. The number of rotatable bonds is 3. The molecule has 1 heterocycles. The number of nitrogens with zero attached hydrogens (tertiary/aromatic N) is 1. The van der Waals surface area contributed by atoms with Gasteiger partial charge in [0.05, 0.1) is 10.2 Å². The molecule has 6 aromatic rings. The lowest BCUT2D eigenvalue weighted by Crippen LogP contribution is -1.86. The van der Waals surface area contributed by atoms with Gasteiger partial charge in [0.15, 0.2) is 0 Å². The van der Waals surface area contributed by atoms with Crippen molar-refractivity contribution in [1.29, 1.82) is 0 Å². The number of thiazole rings is 1. The van der Waals surface area contributed by atoms with E-state index in [2.05, 4.69) is 116 Å². The molecule has 0 saturated carbocycles. The maximum atomic E-state index is 5.14. The van der Waals surface area contributed by atoms with Crippen LogP contribution in [0.15, 0.2) is 109 Å². The molecule has 0 fully saturated rings. The van der Waals surface area contributed by atoms with Gasteiger partial charge in [0, 0.05) is 11.1 Å². The van der Waals surface area contributed by atoms with Crippen LogP contribution in [0, 0.1) is 6.92 Å². The first-order valence-corrected chi connectivity index (χ1v) is 11.6. The summed E-state index contributed by atoms with van der Waals surface area (Å²) < 4.78 is 1.22. The zero-order valence-corrected chi connectivity index (χ0v) is 18.6. The first kappa shape index (κ1) is 19.0. The van der Waals surface area contributed by atoms with Gasteiger partial charge in [0.25, 0.3) is 0 Å².